The molecule has 2 aliphatic rings. The number of carbonyl (C=O) groups is 2. The summed E-state index contributed by atoms with van der Waals surface area (Å²) in [4.78, 5) is 31.6. The number of rotatable bonds is 3. The van der Waals surface area contributed by atoms with E-state index in [-0.39, 0.29) is 17.1 Å². The SMILES string of the molecule is CC1=C(C(=O)Nc2nc3ccc(Br)cc3s2)C(c2cccc(Cl)c2)C2=C(CC(C)(C)CC2=O)N1. The van der Waals surface area contributed by atoms with Gasteiger partial charge in [-0.25, -0.2) is 4.98 Å². The molecule has 0 saturated heterocycles. The molecule has 0 fully saturated rings. The van der Waals surface area contributed by atoms with Crippen molar-refractivity contribution in [3.8, 4) is 0 Å². The minimum atomic E-state index is -0.498. The molecule has 3 aromatic rings. The van der Waals surface area contributed by atoms with Gasteiger partial charge >= 0.3 is 0 Å². The normalized spacial score (nSPS) is 19.8. The van der Waals surface area contributed by atoms with Crippen LogP contribution in [0.2, 0.25) is 5.02 Å². The van der Waals surface area contributed by atoms with Gasteiger partial charge in [0.2, 0.25) is 0 Å². The fourth-order valence-corrected chi connectivity index (χ4v) is 6.48. The lowest BCUT2D eigenvalue weighted by molar-refractivity contribution is -0.118. The minimum absolute atomic E-state index is 0.0614. The third-order valence-corrected chi connectivity index (χ3v) is 7.90. The van der Waals surface area contributed by atoms with Gasteiger partial charge in [0.05, 0.1) is 10.2 Å². The van der Waals surface area contributed by atoms with E-state index in [9.17, 15) is 9.59 Å². The fraction of sp³-hybridized carbons (Fsp3) is 0.269. The molecule has 5 nitrogen and oxygen atoms in total. The number of dihydropyridines is 1. The van der Waals surface area contributed by atoms with Crippen molar-refractivity contribution in [3.05, 3.63) is 80.1 Å². The van der Waals surface area contributed by atoms with Crippen molar-refractivity contribution in [1.82, 2.24) is 10.3 Å². The first-order valence-electron chi connectivity index (χ1n) is 11.0. The molecule has 8 heteroatoms. The standard InChI is InChI=1S/C26H23BrClN3O2S/c1-13-21(24(33)31-25-30-17-8-7-15(27)10-20(17)34-25)22(14-5-4-6-16(28)9-14)23-18(29-13)11-26(2,3)12-19(23)32/h4-10,22,29H,11-12H2,1-3H3,(H,30,31,33). The molecule has 2 heterocycles. The van der Waals surface area contributed by atoms with E-state index in [1.54, 1.807) is 6.07 Å². The number of nitrogens with one attached hydrogen (secondary N) is 2. The van der Waals surface area contributed by atoms with Crippen molar-refractivity contribution < 1.29 is 9.59 Å². The summed E-state index contributed by atoms with van der Waals surface area (Å²) in [6, 6.07) is 13.2. The molecule has 1 atom stereocenters. The lowest BCUT2D eigenvalue weighted by Gasteiger charge is -2.39. The van der Waals surface area contributed by atoms with Crippen LogP contribution in [0.25, 0.3) is 10.2 Å². The molecule has 5 rings (SSSR count). The number of anilines is 1. The highest BCUT2D eigenvalue weighted by atomic mass is 79.9. The minimum Gasteiger partial charge on any atom is -0.362 e. The predicted molar refractivity (Wildman–Crippen MR) is 141 cm³/mol. The molecule has 1 aliphatic heterocycles. The summed E-state index contributed by atoms with van der Waals surface area (Å²) >= 11 is 11.2. The molecule has 1 aliphatic carbocycles. The highest BCUT2D eigenvalue weighted by Crippen LogP contribution is 2.47. The molecule has 0 bridgehead atoms. The smallest absolute Gasteiger partial charge is 0.256 e. The average Bonchev–Trinajstić information content (AvgIpc) is 3.12. The van der Waals surface area contributed by atoms with Crippen molar-refractivity contribution in [3.63, 3.8) is 0 Å². The lowest BCUT2D eigenvalue weighted by atomic mass is 9.68. The molecule has 1 amide bonds. The molecular formula is C26H23BrClN3O2S. The van der Waals surface area contributed by atoms with Crippen LogP contribution >= 0.6 is 38.9 Å². The molecular weight excluding hydrogens is 534 g/mol. The van der Waals surface area contributed by atoms with Gasteiger partial charge in [-0.15, -0.1) is 0 Å². The largest absolute Gasteiger partial charge is 0.362 e. The summed E-state index contributed by atoms with van der Waals surface area (Å²) < 4.78 is 1.93. The van der Waals surface area contributed by atoms with Crippen LogP contribution in [-0.4, -0.2) is 16.7 Å². The number of carbonyl (C=O) groups excluding carboxylic acids is 2. The number of nitrogens with zero attached hydrogens (tertiary/aromatic N) is 1. The van der Waals surface area contributed by atoms with Crippen LogP contribution in [0.5, 0.6) is 0 Å². The van der Waals surface area contributed by atoms with E-state index in [4.69, 9.17) is 11.6 Å². The van der Waals surface area contributed by atoms with Gasteiger partial charge in [-0.05, 0) is 54.7 Å². The van der Waals surface area contributed by atoms with Gasteiger partial charge in [0.15, 0.2) is 10.9 Å². The lowest BCUT2D eigenvalue weighted by Crippen LogP contribution is -2.39. The predicted octanol–water partition coefficient (Wildman–Crippen LogP) is 6.95. The zero-order valence-corrected chi connectivity index (χ0v) is 22.1. The Kier molecular flexibility index (Phi) is 5.91. The first-order valence-corrected chi connectivity index (χ1v) is 13.0. The molecule has 2 N–H and O–H groups in total. The molecule has 174 valence electrons. The van der Waals surface area contributed by atoms with Crippen LogP contribution in [0.15, 0.2) is 69.5 Å². The molecule has 0 saturated carbocycles. The highest BCUT2D eigenvalue weighted by molar-refractivity contribution is 9.10. The summed E-state index contributed by atoms with van der Waals surface area (Å²) in [6.45, 7) is 6.08. The number of ketones is 1. The second kappa shape index (κ2) is 8.63. The maximum Gasteiger partial charge on any atom is 0.256 e. The van der Waals surface area contributed by atoms with Crippen molar-refractivity contribution >= 4 is 65.9 Å². The Morgan fingerprint density at radius 2 is 2.03 bits per heavy atom. The monoisotopic (exact) mass is 555 g/mol. The Morgan fingerprint density at radius 1 is 1.24 bits per heavy atom. The summed E-state index contributed by atoms with van der Waals surface area (Å²) in [5.74, 6) is -0.717. The van der Waals surface area contributed by atoms with Crippen molar-refractivity contribution in [1.29, 1.82) is 0 Å². The number of hydrogen-bond donors (Lipinski definition) is 2. The van der Waals surface area contributed by atoms with Crippen LogP contribution in [0.1, 0.15) is 45.1 Å². The number of fused-ring (bicyclic) bond motifs is 1. The number of benzene rings is 2. The number of halogens is 2. The van der Waals surface area contributed by atoms with Crippen molar-refractivity contribution in [2.24, 2.45) is 5.41 Å². The first-order chi connectivity index (χ1) is 16.1. The number of aromatic nitrogens is 1. The van der Waals surface area contributed by atoms with E-state index < -0.39 is 5.92 Å². The molecule has 1 unspecified atom stereocenters. The Balaban J connectivity index is 1.57. The zero-order chi connectivity index (χ0) is 24.2. The van der Waals surface area contributed by atoms with E-state index in [0.29, 0.717) is 27.7 Å². The second-order valence-electron chi connectivity index (χ2n) is 9.57. The third kappa shape index (κ3) is 4.32. The van der Waals surface area contributed by atoms with E-state index in [0.717, 1.165) is 38.1 Å². The van der Waals surface area contributed by atoms with Gasteiger partial charge in [0.25, 0.3) is 5.91 Å². The van der Waals surface area contributed by atoms with Crippen molar-refractivity contribution in [2.75, 3.05) is 5.32 Å². The summed E-state index contributed by atoms with van der Waals surface area (Å²) in [5.41, 5.74) is 4.29. The van der Waals surface area contributed by atoms with Gasteiger partial charge in [-0.1, -0.05) is 64.8 Å². The van der Waals surface area contributed by atoms with E-state index in [1.807, 2.05) is 43.3 Å². The van der Waals surface area contributed by atoms with Crippen LogP contribution in [-0.2, 0) is 9.59 Å². The third-order valence-electron chi connectivity index (χ3n) is 6.24. The number of Topliss-reactive ketones (excluding diaryl/α,β-unsaturated/α-hetero) is 1. The van der Waals surface area contributed by atoms with Crippen LogP contribution in [0.4, 0.5) is 5.13 Å². The van der Waals surface area contributed by atoms with Gasteiger partial charge in [0, 0.05) is 44.4 Å². The second-order valence-corrected chi connectivity index (χ2v) is 12.0. The molecule has 1 aromatic heterocycles. The van der Waals surface area contributed by atoms with Crippen LogP contribution in [0.3, 0.4) is 0 Å². The molecule has 0 spiro atoms. The number of thiazole rings is 1. The van der Waals surface area contributed by atoms with Crippen molar-refractivity contribution in [2.45, 2.75) is 39.5 Å². The number of allylic oxidation sites excluding steroid dienone is 3. The Morgan fingerprint density at radius 3 is 2.79 bits per heavy atom. The van der Waals surface area contributed by atoms with Gasteiger partial charge in [-0.3, -0.25) is 14.9 Å². The van der Waals surface area contributed by atoms with E-state index in [2.05, 4.69) is 45.4 Å². The summed E-state index contributed by atoms with van der Waals surface area (Å²) in [5, 5.41) is 7.45. The topological polar surface area (TPSA) is 71.1 Å². The van der Waals surface area contributed by atoms with E-state index in [1.165, 1.54) is 11.3 Å². The van der Waals surface area contributed by atoms with Gasteiger partial charge < -0.3 is 5.32 Å². The fourth-order valence-electron chi connectivity index (χ4n) is 4.87. The number of hydrogen-bond acceptors (Lipinski definition) is 5. The quantitative estimate of drug-likeness (QED) is 0.366. The average molecular weight is 557 g/mol. The van der Waals surface area contributed by atoms with Gasteiger partial charge in [-0.2, -0.15) is 0 Å². The van der Waals surface area contributed by atoms with E-state index >= 15 is 0 Å². The molecule has 34 heavy (non-hydrogen) atoms. The van der Waals surface area contributed by atoms with Gasteiger partial charge in [0.1, 0.15) is 0 Å². The van der Waals surface area contributed by atoms with Crippen LogP contribution < -0.4 is 10.6 Å². The Labute approximate surface area is 215 Å². The summed E-state index contributed by atoms with van der Waals surface area (Å²) in [7, 11) is 0. The van der Waals surface area contributed by atoms with Crippen LogP contribution in [0, 0.1) is 5.41 Å². The zero-order valence-electron chi connectivity index (χ0n) is 19.0. The summed E-state index contributed by atoms with van der Waals surface area (Å²) in [6.07, 6.45) is 1.18. The maximum atomic E-state index is 13.7. The Hall–Kier alpha value is -2.48. The Bertz CT molecular complexity index is 1420. The molecule has 2 aromatic carbocycles. The number of amides is 1. The highest BCUT2D eigenvalue weighted by Gasteiger charge is 2.42. The first kappa shape index (κ1) is 23.3. The molecule has 0 radical (unpaired) electrons. The maximum absolute atomic E-state index is 13.7.